The smallest absolute Gasteiger partial charge is 0.311 e. The van der Waals surface area contributed by atoms with Gasteiger partial charge in [-0.2, -0.15) is 0 Å². The molecule has 0 heterocycles. The Bertz CT molecular complexity index is 1850. The van der Waals surface area contributed by atoms with Gasteiger partial charge in [0.05, 0.1) is 48.3 Å². The van der Waals surface area contributed by atoms with Gasteiger partial charge in [0.15, 0.2) is 0 Å². The lowest BCUT2D eigenvalue weighted by Gasteiger charge is -2.36. The lowest BCUT2D eigenvalue weighted by atomic mass is 9.83. The minimum atomic E-state index is -0.488. The number of carbonyl (C=O) groups excluding carboxylic acids is 8. The van der Waals surface area contributed by atoms with Gasteiger partial charge in [-0.15, -0.1) is 0 Å². The number of hydrogen-bond acceptors (Lipinski definition) is 16. The molecule has 0 bridgehead atoms. The molecule has 0 spiro atoms. The van der Waals surface area contributed by atoms with E-state index in [1.54, 1.807) is 0 Å². The standard InChI is InChI=1S/C17H30O4.2C16H28O4.C15H26O4.8CH4/c1-5-16(3,4)15(19)20-13-10-14(18)21-17(6-2)11-8-7-9-12-17;1-5-15(2,3)14(18)19-12-9-13(17)20-16(4)10-7-6-8-11-16;1-4-13(3)15(18)19-12-9-14(17)20-16(5-2)10-7-6-8-11-16;1-4-12(2)14(17)18-11-8-13(16)19-15(3)9-6-5-7-10-15;;;;;;;;/h5-13H2,1-4H3;5-12H2,1-4H3;13H,4-12H2,1-3H3;12H,4-11H2,1-3H3;8*1H4. The summed E-state index contributed by atoms with van der Waals surface area (Å²) in [6.07, 6.45) is 26.7. The van der Waals surface area contributed by atoms with Gasteiger partial charge in [0.25, 0.3) is 0 Å². The van der Waals surface area contributed by atoms with Crippen molar-refractivity contribution in [2.24, 2.45) is 22.7 Å². The number of carbonyl (C=O) groups is 8. The summed E-state index contributed by atoms with van der Waals surface area (Å²) in [4.78, 5) is 93.9. The summed E-state index contributed by atoms with van der Waals surface area (Å²) >= 11 is 0. The lowest BCUT2D eigenvalue weighted by molar-refractivity contribution is -0.168. The average Bonchev–Trinajstić information content (AvgIpc) is 3.47. The van der Waals surface area contributed by atoms with Crippen LogP contribution >= 0.6 is 0 Å². The molecule has 4 saturated carbocycles. The molecule has 0 aromatic rings. The van der Waals surface area contributed by atoms with Crippen molar-refractivity contribution in [3.8, 4) is 0 Å². The third-order valence-electron chi connectivity index (χ3n) is 17.1. The van der Waals surface area contributed by atoms with Crippen molar-refractivity contribution in [1.82, 2.24) is 0 Å². The molecule has 4 aliphatic rings. The topological polar surface area (TPSA) is 210 Å². The first-order chi connectivity index (χ1) is 37.6. The molecule has 16 heteroatoms. The summed E-state index contributed by atoms with van der Waals surface area (Å²) in [6.45, 7) is 27.4. The van der Waals surface area contributed by atoms with E-state index in [-0.39, 0.29) is 194 Å². The summed E-state index contributed by atoms with van der Waals surface area (Å²) in [5.74, 6) is -2.21. The largest absolute Gasteiger partial charge is 0.465 e. The number of rotatable bonds is 26. The Balaban J connectivity index is -0.000000157. The molecule has 4 rings (SSSR count). The van der Waals surface area contributed by atoms with Crippen LogP contribution < -0.4 is 0 Å². The highest BCUT2D eigenvalue weighted by molar-refractivity contribution is 5.77. The highest BCUT2D eigenvalue weighted by Crippen LogP contribution is 2.37. The molecule has 0 amide bonds. The van der Waals surface area contributed by atoms with Crippen LogP contribution in [0.15, 0.2) is 0 Å². The van der Waals surface area contributed by atoms with Gasteiger partial charge in [0.2, 0.25) is 0 Å². The second-order valence-electron chi connectivity index (χ2n) is 24.8. The maximum absolute atomic E-state index is 12.0. The monoisotopic (exact) mass is 1270 g/mol. The molecule has 16 nitrogen and oxygen atoms in total. The van der Waals surface area contributed by atoms with Crippen LogP contribution in [-0.4, -0.2) is 96.6 Å². The van der Waals surface area contributed by atoms with Gasteiger partial charge in [0, 0.05) is 0 Å². The van der Waals surface area contributed by atoms with Gasteiger partial charge >= 0.3 is 47.8 Å². The van der Waals surface area contributed by atoms with Crippen LogP contribution in [-0.2, 0) is 76.3 Å². The molecule has 0 radical (unpaired) electrons. The Morgan fingerprint density at radius 3 is 0.807 bits per heavy atom. The Hall–Kier alpha value is -4.24. The fourth-order valence-electron chi connectivity index (χ4n) is 9.71. The number of esters is 8. The second kappa shape index (κ2) is 51.4. The van der Waals surface area contributed by atoms with E-state index in [2.05, 4.69) is 13.8 Å². The average molecular weight is 1270 g/mol. The highest BCUT2D eigenvalue weighted by atomic mass is 16.6. The summed E-state index contributed by atoms with van der Waals surface area (Å²) in [6, 6.07) is 0. The summed E-state index contributed by atoms with van der Waals surface area (Å²) in [7, 11) is 0. The van der Waals surface area contributed by atoms with Crippen molar-refractivity contribution in [1.29, 1.82) is 0 Å². The van der Waals surface area contributed by atoms with Gasteiger partial charge in [-0.1, -0.05) is 140 Å². The van der Waals surface area contributed by atoms with Gasteiger partial charge in [-0.05, 0) is 183 Å². The minimum absolute atomic E-state index is 0. The first kappa shape index (κ1) is 100.0. The Labute approximate surface area is 542 Å². The summed E-state index contributed by atoms with van der Waals surface area (Å²) < 4.78 is 42.9. The fourth-order valence-corrected chi connectivity index (χ4v) is 9.71. The summed E-state index contributed by atoms with van der Waals surface area (Å²) in [5, 5.41) is 0. The van der Waals surface area contributed by atoms with Crippen LogP contribution in [0.2, 0.25) is 0 Å². The Morgan fingerprint density at radius 2 is 0.580 bits per heavy atom. The van der Waals surface area contributed by atoms with E-state index < -0.39 is 10.8 Å². The SMILES string of the molecule is C.C.C.C.C.C.C.C.CCC(C)(C)C(=O)OCCC(=O)OC1(C)CCCCC1.CCC(C)C(=O)OCCC(=O)OC1(C)CCCCC1.CCC(C)C(=O)OCCC(=O)OC1(CC)CCCCC1.CCC1(OC(=O)CCOC(=O)C(C)(C)CC)CCCCC1. The zero-order valence-electron chi connectivity index (χ0n) is 52.7. The normalized spacial score (nSPS) is 17.1. The molecule has 0 aromatic carbocycles. The summed E-state index contributed by atoms with van der Waals surface area (Å²) in [5.41, 5.74) is -2.15. The van der Waals surface area contributed by atoms with Crippen LogP contribution in [0.5, 0.6) is 0 Å². The Morgan fingerprint density at radius 1 is 0.352 bits per heavy atom. The molecular weight excluding hydrogens is 1120 g/mol. The number of hydrogen-bond donors (Lipinski definition) is 0. The molecule has 88 heavy (non-hydrogen) atoms. The highest BCUT2D eigenvalue weighted by Gasteiger charge is 2.37. The van der Waals surface area contributed by atoms with E-state index >= 15 is 0 Å². The van der Waals surface area contributed by atoms with Gasteiger partial charge in [-0.3, -0.25) is 38.4 Å². The predicted octanol–water partition coefficient (Wildman–Crippen LogP) is 19.6. The van der Waals surface area contributed by atoms with Crippen LogP contribution in [0, 0.1) is 22.7 Å². The van der Waals surface area contributed by atoms with Gasteiger partial charge in [-0.25, -0.2) is 0 Å². The zero-order valence-corrected chi connectivity index (χ0v) is 52.7. The van der Waals surface area contributed by atoms with Crippen molar-refractivity contribution < 1.29 is 76.3 Å². The third-order valence-corrected chi connectivity index (χ3v) is 17.1. The van der Waals surface area contributed by atoms with Crippen LogP contribution in [0.4, 0.5) is 0 Å². The van der Waals surface area contributed by atoms with Crippen LogP contribution in [0.1, 0.15) is 349 Å². The Kier molecular flexibility index (Phi) is 58.4. The molecule has 528 valence electrons. The van der Waals surface area contributed by atoms with E-state index in [1.807, 2.05) is 83.1 Å². The number of ether oxygens (including phenoxy) is 8. The van der Waals surface area contributed by atoms with Crippen molar-refractivity contribution in [2.45, 2.75) is 371 Å². The second-order valence-corrected chi connectivity index (χ2v) is 24.8. The van der Waals surface area contributed by atoms with Gasteiger partial charge in [0.1, 0.15) is 48.8 Å². The molecule has 4 aliphatic carbocycles. The van der Waals surface area contributed by atoms with Gasteiger partial charge < -0.3 is 37.9 Å². The first-order valence-corrected chi connectivity index (χ1v) is 31.2. The van der Waals surface area contributed by atoms with Crippen LogP contribution in [0.25, 0.3) is 0 Å². The lowest BCUT2D eigenvalue weighted by Crippen LogP contribution is -2.37. The third kappa shape index (κ3) is 39.8. The molecule has 0 aliphatic heterocycles. The molecule has 2 unspecified atom stereocenters. The molecular formula is C72H144O16. The molecule has 2 atom stereocenters. The molecule has 0 saturated heterocycles. The minimum Gasteiger partial charge on any atom is -0.465 e. The molecule has 0 aromatic heterocycles. The molecule has 4 fully saturated rings. The first-order valence-electron chi connectivity index (χ1n) is 31.2. The van der Waals surface area contributed by atoms with Crippen molar-refractivity contribution in [3.63, 3.8) is 0 Å². The van der Waals surface area contributed by atoms with Crippen molar-refractivity contribution in [2.75, 3.05) is 26.4 Å². The van der Waals surface area contributed by atoms with Crippen molar-refractivity contribution >= 4 is 47.8 Å². The quantitative estimate of drug-likeness (QED) is 0.0582. The van der Waals surface area contributed by atoms with E-state index in [0.29, 0.717) is 6.42 Å². The predicted molar refractivity (Wildman–Crippen MR) is 363 cm³/mol. The molecule has 0 N–H and O–H groups in total. The van der Waals surface area contributed by atoms with E-state index in [1.165, 1.54) is 25.7 Å². The maximum Gasteiger partial charge on any atom is 0.311 e. The van der Waals surface area contributed by atoms with Crippen molar-refractivity contribution in [3.05, 3.63) is 0 Å². The fraction of sp³-hybridized carbons (Fsp3) is 0.889. The van der Waals surface area contributed by atoms with E-state index in [9.17, 15) is 38.4 Å². The van der Waals surface area contributed by atoms with E-state index in [4.69, 9.17) is 37.9 Å². The van der Waals surface area contributed by atoms with E-state index in [0.717, 1.165) is 135 Å². The zero-order chi connectivity index (χ0) is 60.5. The maximum atomic E-state index is 12.0. The van der Waals surface area contributed by atoms with Crippen LogP contribution in [0.3, 0.4) is 0 Å².